The fraction of sp³-hybridized carbons (Fsp3) is 0.700. The molecule has 2 aliphatic rings. The van der Waals surface area contributed by atoms with E-state index in [-0.39, 0.29) is 25.7 Å². The molecule has 78 valence electrons. The van der Waals surface area contributed by atoms with Gasteiger partial charge in [-0.1, -0.05) is 6.58 Å². The second-order valence-corrected chi connectivity index (χ2v) is 4.21. The zero-order valence-corrected chi connectivity index (χ0v) is 7.82. The van der Waals surface area contributed by atoms with Gasteiger partial charge in [-0.2, -0.15) is 0 Å². The summed E-state index contributed by atoms with van der Waals surface area (Å²) in [5, 5.41) is 0. The maximum absolute atomic E-state index is 12.9. The highest BCUT2D eigenvalue weighted by Crippen LogP contribution is 2.46. The van der Waals surface area contributed by atoms with E-state index in [1.807, 2.05) is 0 Å². The normalized spacial score (nSPS) is 29.3. The van der Waals surface area contributed by atoms with Gasteiger partial charge in [0.1, 0.15) is 5.60 Å². The summed E-state index contributed by atoms with van der Waals surface area (Å²) in [4.78, 5) is 11.1. The van der Waals surface area contributed by atoms with Gasteiger partial charge in [0, 0.05) is 24.8 Å². The number of hydrogen-bond donors (Lipinski definition) is 0. The number of carbonyl (C=O) groups excluding carboxylic acids is 1. The summed E-state index contributed by atoms with van der Waals surface area (Å²) in [7, 11) is 0. The SMILES string of the molecule is C=C1CC2(CCC(F)(F)CC2)OC1=O. The van der Waals surface area contributed by atoms with Crippen molar-refractivity contribution in [2.45, 2.75) is 43.6 Å². The zero-order valence-electron chi connectivity index (χ0n) is 7.82. The first-order valence-corrected chi connectivity index (χ1v) is 4.72. The fourth-order valence-corrected chi connectivity index (χ4v) is 2.12. The van der Waals surface area contributed by atoms with Crippen molar-refractivity contribution in [3.8, 4) is 0 Å². The van der Waals surface area contributed by atoms with Crippen LogP contribution >= 0.6 is 0 Å². The third-order valence-corrected chi connectivity index (χ3v) is 3.03. The van der Waals surface area contributed by atoms with Gasteiger partial charge < -0.3 is 4.74 Å². The Morgan fingerprint density at radius 3 is 2.21 bits per heavy atom. The standard InChI is InChI=1S/C10H12F2O2/c1-7-6-9(14-8(7)13)2-4-10(11,12)5-3-9/h1-6H2. The zero-order chi connectivity index (χ0) is 10.4. The summed E-state index contributed by atoms with van der Waals surface area (Å²) in [6, 6.07) is 0. The summed E-state index contributed by atoms with van der Waals surface area (Å²) < 4.78 is 30.9. The van der Waals surface area contributed by atoms with E-state index in [0.717, 1.165) is 0 Å². The minimum Gasteiger partial charge on any atom is -0.455 e. The Morgan fingerprint density at radius 2 is 1.79 bits per heavy atom. The highest BCUT2D eigenvalue weighted by molar-refractivity contribution is 5.90. The monoisotopic (exact) mass is 202 g/mol. The number of alkyl halides is 2. The predicted octanol–water partition coefficient (Wildman–Crippen LogP) is 2.44. The molecule has 0 aromatic carbocycles. The molecule has 0 atom stereocenters. The van der Waals surface area contributed by atoms with Gasteiger partial charge in [-0.15, -0.1) is 0 Å². The van der Waals surface area contributed by atoms with Crippen molar-refractivity contribution in [3.05, 3.63) is 12.2 Å². The lowest BCUT2D eigenvalue weighted by molar-refractivity contribution is -0.157. The molecule has 1 aliphatic heterocycles. The number of halogens is 2. The Labute approximate surface area is 80.9 Å². The molecule has 2 fully saturated rings. The van der Waals surface area contributed by atoms with Crippen LogP contribution in [0.5, 0.6) is 0 Å². The molecule has 0 amide bonds. The molecule has 0 unspecified atom stereocenters. The Bertz CT molecular complexity index is 268. The molecule has 4 heteroatoms. The second-order valence-electron chi connectivity index (χ2n) is 4.21. The van der Waals surface area contributed by atoms with Crippen molar-refractivity contribution < 1.29 is 18.3 Å². The molecular formula is C10H12F2O2. The predicted molar refractivity (Wildman–Crippen MR) is 46.0 cm³/mol. The van der Waals surface area contributed by atoms with Gasteiger partial charge in [0.15, 0.2) is 0 Å². The van der Waals surface area contributed by atoms with Gasteiger partial charge in [-0.3, -0.25) is 0 Å². The average Bonchev–Trinajstić information content (AvgIpc) is 2.36. The molecular weight excluding hydrogens is 190 g/mol. The van der Waals surface area contributed by atoms with Gasteiger partial charge in [0.25, 0.3) is 0 Å². The molecule has 14 heavy (non-hydrogen) atoms. The van der Waals surface area contributed by atoms with Gasteiger partial charge in [-0.25, -0.2) is 13.6 Å². The molecule has 1 saturated carbocycles. The van der Waals surface area contributed by atoms with Crippen molar-refractivity contribution in [1.29, 1.82) is 0 Å². The molecule has 2 nitrogen and oxygen atoms in total. The Kier molecular flexibility index (Phi) is 1.91. The third kappa shape index (κ3) is 1.53. The fourth-order valence-electron chi connectivity index (χ4n) is 2.12. The first-order chi connectivity index (χ1) is 6.43. The largest absolute Gasteiger partial charge is 0.455 e. The molecule has 2 rings (SSSR count). The topological polar surface area (TPSA) is 26.3 Å². The summed E-state index contributed by atoms with van der Waals surface area (Å²) in [6.45, 7) is 3.56. The van der Waals surface area contributed by atoms with Crippen LogP contribution in [0.4, 0.5) is 8.78 Å². The number of esters is 1. The Balaban J connectivity index is 2.08. The highest BCUT2D eigenvalue weighted by Gasteiger charge is 2.49. The van der Waals surface area contributed by atoms with Crippen molar-refractivity contribution in [2.75, 3.05) is 0 Å². The maximum Gasteiger partial charge on any atom is 0.334 e. The number of hydrogen-bond acceptors (Lipinski definition) is 2. The van der Waals surface area contributed by atoms with E-state index in [9.17, 15) is 13.6 Å². The smallest absolute Gasteiger partial charge is 0.334 e. The molecule has 1 aliphatic carbocycles. The average molecular weight is 202 g/mol. The van der Waals surface area contributed by atoms with E-state index >= 15 is 0 Å². The van der Waals surface area contributed by atoms with Gasteiger partial charge in [-0.05, 0) is 12.8 Å². The van der Waals surface area contributed by atoms with E-state index in [4.69, 9.17) is 4.74 Å². The number of rotatable bonds is 0. The summed E-state index contributed by atoms with van der Waals surface area (Å²) >= 11 is 0. The third-order valence-electron chi connectivity index (χ3n) is 3.03. The van der Waals surface area contributed by atoms with E-state index in [1.165, 1.54) is 0 Å². The van der Waals surface area contributed by atoms with Crippen molar-refractivity contribution in [2.24, 2.45) is 0 Å². The Hall–Kier alpha value is -0.930. The molecule has 0 aromatic heterocycles. The lowest BCUT2D eigenvalue weighted by Gasteiger charge is -2.35. The van der Waals surface area contributed by atoms with Crippen LogP contribution in [0.3, 0.4) is 0 Å². The summed E-state index contributed by atoms with van der Waals surface area (Å²) in [5.41, 5.74) is -0.245. The number of carbonyl (C=O) groups is 1. The van der Waals surface area contributed by atoms with Crippen LogP contribution in [0.1, 0.15) is 32.1 Å². The maximum atomic E-state index is 12.9. The molecule has 0 radical (unpaired) electrons. The van der Waals surface area contributed by atoms with Crippen LogP contribution in [0, 0.1) is 0 Å². The second kappa shape index (κ2) is 2.78. The molecule has 1 spiro atoms. The summed E-state index contributed by atoms with van der Waals surface area (Å²) in [6.07, 6.45) is 0.554. The molecule has 1 heterocycles. The van der Waals surface area contributed by atoms with E-state index in [0.29, 0.717) is 12.0 Å². The Morgan fingerprint density at radius 1 is 1.21 bits per heavy atom. The van der Waals surface area contributed by atoms with Crippen LogP contribution in [-0.2, 0) is 9.53 Å². The molecule has 0 bridgehead atoms. The molecule has 1 saturated heterocycles. The van der Waals surface area contributed by atoms with Crippen molar-refractivity contribution >= 4 is 5.97 Å². The first kappa shape index (κ1) is 9.62. The quantitative estimate of drug-likeness (QED) is 0.445. The first-order valence-electron chi connectivity index (χ1n) is 4.72. The van der Waals surface area contributed by atoms with Gasteiger partial charge >= 0.3 is 5.97 Å². The minimum atomic E-state index is -2.58. The van der Waals surface area contributed by atoms with Crippen molar-refractivity contribution in [1.82, 2.24) is 0 Å². The van der Waals surface area contributed by atoms with Crippen LogP contribution in [0.2, 0.25) is 0 Å². The van der Waals surface area contributed by atoms with Crippen LogP contribution in [0.25, 0.3) is 0 Å². The lowest BCUT2D eigenvalue weighted by Crippen LogP contribution is -2.38. The lowest BCUT2D eigenvalue weighted by atomic mass is 9.80. The van der Waals surface area contributed by atoms with Crippen LogP contribution in [0.15, 0.2) is 12.2 Å². The van der Waals surface area contributed by atoms with Crippen molar-refractivity contribution in [3.63, 3.8) is 0 Å². The van der Waals surface area contributed by atoms with E-state index < -0.39 is 17.5 Å². The molecule has 0 aromatic rings. The minimum absolute atomic E-state index is 0.187. The number of ether oxygens (including phenoxy) is 1. The van der Waals surface area contributed by atoms with Gasteiger partial charge in [0.05, 0.1) is 0 Å². The molecule has 0 N–H and O–H groups in total. The van der Waals surface area contributed by atoms with Crippen LogP contribution < -0.4 is 0 Å². The van der Waals surface area contributed by atoms with Crippen LogP contribution in [-0.4, -0.2) is 17.5 Å². The van der Waals surface area contributed by atoms with E-state index in [1.54, 1.807) is 0 Å². The van der Waals surface area contributed by atoms with E-state index in [2.05, 4.69) is 6.58 Å². The van der Waals surface area contributed by atoms with Gasteiger partial charge in [0.2, 0.25) is 5.92 Å². The summed E-state index contributed by atoms with van der Waals surface area (Å²) in [5.74, 6) is -3.00. The highest BCUT2D eigenvalue weighted by atomic mass is 19.3.